The summed E-state index contributed by atoms with van der Waals surface area (Å²) in [7, 11) is 1.44. The monoisotopic (exact) mass is 838 g/mol. The summed E-state index contributed by atoms with van der Waals surface area (Å²) in [6.07, 6.45) is 5.04. The molecule has 15 heteroatoms. The Morgan fingerprint density at radius 3 is 2.18 bits per heavy atom. The van der Waals surface area contributed by atoms with E-state index >= 15 is 0 Å². The van der Waals surface area contributed by atoms with E-state index < -0.39 is 89.6 Å². The molecule has 0 saturated heterocycles. The second kappa shape index (κ2) is 20.0. The summed E-state index contributed by atoms with van der Waals surface area (Å²) in [5.41, 5.74) is 0.00940. The highest BCUT2D eigenvalue weighted by Gasteiger charge is 2.49. The van der Waals surface area contributed by atoms with Gasteiger partial charge < -0.3 is 54.3 Å². The number of hydrogen-bond donors (Lipinski definition) is 5. The fraction of sp³-hybridized carbons (Fsp3) is 0.556. The third-order valence-corrected chi connectivity index (χ3v) is 11.5. The zero-order valence-corrected chi connectivity index (χ0v) is 36.5. The quantitative estimate of drug-likeness (QED) is 0.144. The van der Waals surface area contributed by atoms with Crippen molar-refractivity contribution in [3.63, 3.8) is 0 Å². The molecule has 3 heterocycles. The Kier molecular flexibility index (Phi) is 15.8. The van der Waals surface area contributed by atoms with E-state index in [0.29, 0.717) is 25.9 Å². The van der Waals surface area contributed by atoms with Crippen molar-refractivity contribution >= 4 is 40.0 Å². The summed E-state index contributed by atoms with van der Waals surface area (Å²) in [5.74, 6) is -7.95. The van der Waals surface area contributed by atoms with Crippen molar-refractivity contribution in [1.82, 2.24) is 4.90 Å². The molecule has 0 unspecified atom stereocenters. The van der Waals surface area contributed by atoms with Crippen LogP contribution in [0.1, 0.15) is 91.1 Å². The lowest BCUT2D eigenvalue weighted by molar-refractivity contribution is -0.160. The number of nitrogens with one attached hydrogen (secondary N) is 1. The number of benzene rings is 2. The number of hydrogen-bond acceptors (Lipinski definition) is 13. The number of aromatic hydroxyl groups is 2. The lowest BCUT2D eigenvalue weighted by atomic mass is 9.78. The molecule has 2 aromatic carbocycles. The van der Waals surface area contributed by atoms with Crippen LogP contribution in [0.25, 0.3) is 10.8 Å². The van der Waals surface area contributed by atoms with Crippen LogP contribution >= 0.6 is 0 Å². The second-order valence-corrected chi connectivity index (χ2v) is 16.1. The topological polar surface area (TPSA) is 211 Å². The summed E-state index contributed by atoms with van der Waals surface area (Å²) in [5, 5.41) is 48.6. The van der Waals surface area contributed by atoms with E-state index in [-0.39, 0.29) is 50.6 Å². The van der Waals surface area contributed by atoms with Crippen LogP contribution in [0.5, 0.6) is 23.0 Å². The number of allylic oxidation sites excluding steroid dienone is 2. The minimum atomic E-state index is -2.02. The van der Waals surface area contributed by atoms with Crippen molar-refractivity contribution in [3.8, 4) is 23.0 Å². The summed E-state index contributed by atoms with van der Waals surface area (Å²) >= 11 is 0. The van der Waals surface area contributed by atoms with Crippen LogP contribution in [0.4, 0.5) is 5.69 Å². The fourth-order valence-electron chi connectivity index (χ4n) is 7.88. The fourth-order valence-corrected chi connectivity index (χ4v) is 7.88. The number of carbonyl (C=O) groups is 4. The number of phenolic OH excluding ortho intramolecular Hbond substituents is 2. The van der Waals surface area contributed by atoms with E-state index in [1.54, 1.807) is 44.7 Å². The van der Waals surface area contributed by atoms with Gasteiger partial charge >= 0.3 is 11.8 Å². The maximum absolute atomic E-state index is 14.5. The number of phenols is 2. The average Bonchev–Trinajstić information content (AvgIpc) is 3.47. The molecule has 0 spiro atoms. The van der Waals surface area contributed by atoms with Crippen molar-refractivity contribution in [3.05, 3.63) is 53.3 Å². The number of rotatable bonds is 9. The lowest BCUT2D eigenvalue weighted by Crippen LogP contribution is -2.46. The zero-order chi connectivity index (χ0) is 44.8. The molecule has 0 fully saturated rings. The number of anilines is 1. The molecule has 60 heavy (non-hydrogen) atoms. The Labute approximate surface area is 352 Å². The van der Waals surface area contributed by atoms with Gasteiger partial charge in [-0.05, 0) is 32.8 Å². The molecule has 9 atom stereocenters. The molecule has 15 nitrogen and oxygen atoms in total. The number of ether oxygens (including phenoxy) is 5. The highest BCUT2D eigenvalue weighted by molar-refractivity contribution is 6.21. The summed E-state index contributed by atoms with van der Waals surface area (Å²) in [6, 6.07) is 1.28. The number of aliphatic hydroxyl groups excluding tert-OH is 2. The third-order valence-electron chi connectivity index (χ3n) is 11.5. The van der Waals surface area contributed by atoms with E-state index in [9.17, 15) is 39.6 Å². The lowest BCUT2D eigenvalue weighted by Gasteiger charge is -2.38. The Balaban J connectivity index is 1.94. The molecule has 0 radical (unpaired) electrons. The van der Waals surface area contributed by atoms with Crippen LogP contribution in [0, 0.1) is 30.6 Å². The third kappa shape index (κ3) is 9.90. The summed E-state index contributed by atoms with van der Waals surface area (Å²) < 4.78 is 29.8. The normalized spacial score (nSPS) is 29.5. The predicted molar refractivity (Wildman–Crippen MR) is 225 cm³/mol. The van der Waals surface area contributed by atoms with E-state index in [1.165, 1.54) is 59.3 Å². The molecule has 0 saturated carbocycles. The average molecular weight is 839 g/mol. The Morgan fingerprint density at radius 1 is 0.933 bits per heavy atom. The Bertz CT molecular complexity index is 2020. The zero-order valence-electron chi connectivity index (χ0n) is 36.5. The smallest absolute Gasteiger partial charge is 0.312 e. The van der Waals surface area contributed by atoms with Gasteiger partial charge in [0, 0.05) is 80.3 Å². The van der Waals surface area contributed by atoms with Gasteiger partial charge in [0.2, 0.25) is 0 Å². The van der Waals surface area contributed by atoms with Gasteiger partial charge in [0.1, 0.15) is 23.4 Å². The van der Waals surface area contributed by atoms with Crippen LogP contribution in [-0.2, 0) is 28.6 Å². The van der Waals surface area contributed by atoms with Crippen molar-refractivity contribution in [1.29, 1.82) is 0 Å². The predicted octanol–water partition coefficient (Wildman–Crippen LogP) is 6.08. The van der Waals surface area contributed by atoms with Crippen LogP contribution in [0.2, 0.25) is 0 Å². The van der Waals surface area contributed by atoms with Gasteiger partial charge in [0.05, 0.1) is 41.2 Å². The van der Waals surface area contributed by atoms with Crippen LogP contribution in [-0.4, -0.2) is 106 Å². The van der Waals surface area contributed by atoms with Gasteiger partial charge in [0.25, 0.3) is 17.6 Å². The van der Waals surface area contributed by atoms with Gasteiger partial charge in [0.15, 0.2) is 12.4 Å². The van der Waals surface area contributed by atoms with E-state index in [2.05, 4.69) is 5.32 Å². The number of aliphatic hydroxyl groups is 2. The van der Waals surface area contributed by atoms with E-state index in [4.69, 9.17) is 23.7 Å². The highest BCUT2D eigenvalue weighted by atomic mass is 16.7. The summed E-state index contributed by atoms with van der Waals surface area (Å²) in [4.78, 5) is 55.5. The Morgan fingerprint density at radius 2 is 1.58 bits per heavy atom. The largest absolute Gasteiger partial charge is 0.507 e. The molecule has 330 valence electrons. The molecule has 0 aliphatic carbocycles. The molecular formula is C45H62N2O13. The first-order valence-corrected chi connectivity index (χ1v) is 20.5. The number of ketones is 1. The number of carbonyl (C=O) groups excluding carboxylic acids is 4. The molecular weight excluding hydrogens is 776 g/mol. The van der Waals surface area contributed by atoms with Crippen molar-refractivity contribution in [2.75, 3.05) is 32.1 Å². The van der Waals surface area contributed by atoms with Crippen molar-refractivity contribution in [2.45, 2.75) is 112 Å². The minimum Gasteiger partial charge on any atom is -0.507 e. The number of fused-ring (bicyclic) bond motifs is 14. The maximum atomic E-state index is 14.5. The number of nitrogens with zero attached hydrogens (tertiary/aromatic N) is 1. The number of amides is 2. The number of methoxy groups -OCH3 is 1. The molecule has 3 aliphatic heterocycles. The van der Waals surface area contributed by atoms with Gasteiger partial charge in [-0.3, -0.25) is 19.2 Å². The molecule has 2 amide bonds. The maximum Gasteiger partial charge on any atom is 0.312 e. The van der Waals surface area contributed by atoms with Crippen molar-refractivity contribution < 1.29 is 63.3 Å². The second-order valence-electron chi connectivity index (χ2n) is 16.1. The first-order valence-electron chi connectivity index (χ1n) is 20.5. The van der Waals surface area contributed by atoms with Crippen LogP contribution in [0.15, 0.2) is 42.2 Å². The first kappa shape index (κ1) is 47.6. The summed E-state index contributed by atoms with van der Waals surface area (Å²) in [6.45, 7) is 17.0. The Hall–Kier alpha value is -5.12. The molecule has 5 N–H and O–H groups in total. The standard InChI is InChI=1S/C45H62N2O13/c1-12-18-47(19-13-2)33(49)22-57-32-21-30-40(53)35-34(32)36-42(28(8)39(35)52)60-45(10,43(36)54)58-20-17-31(56-11)25(5)41(59-29(9)48)27(7)38(51)26(6)37(50)23(3)15-14-16-24(4)44(55)46-30/h14-17,20-21,23,25-27,31,37-38,41,50-53H,12-13,18-19,22H2,1-11H3,(H,46,55)/b15-14+,20-17+,24-16-/t23-,25-,26-,27-,31+,37-,38+,41-,45+/m1/s1. The van der Waals surface area contributed by atoms with Gasteiger partial charge in [-0.25, -0.2) is 0 Å². The molecule has 3 aliphatic rings. The van der Waals surface area contributed by atoms with Crippen LogP contribution < -0.4 is 14.8 Å². The molecule has 2 aromatic rings. The number of Topliss-reactive ketones (excluding diaryl/α,β-unsaturated/α-hetero) is 1. The van der Waals surface area contributed by atoms with E-state index in [0.717, 1.165) is 0 Å². The van der Waals surface area contributed by atoms with Gasteiger partial charge in [-0.2, -0.15) is 0 Å². The van der Waals surface area contributed by atoms with E-state index in [1.807, 2.05) is 13.8 Å². The van der Waals surface area contributed by atoms with Crippen LogP contribution in [0.3, 0.4) is 0 Å². The molecule has 5 bridgehead atoms. The first-order chi connectivity index (χ1) is 28.2. The van der Waals surface area contributed by atoms with Gasteiger partial charge in [-0.1, -0.05) is 59.8 Å². The van der Waals surface area contributed by atoms with Crippen molar-refractivity contribution in [2.24, 2.45) is 23.7 Å². The molecule has 0 aromatic heterocycles. The molecule has 5 rings (SSSR count). The SMILES string of the molecule is CCCN(CCC)C(=O)COc1cc2c(O)c3c(O)c(C)c4c(c13)C(=O)[C@@](C)(O/C=C/[C@H](OC)[C@@H](C)[C@@H](OC(C)=O)[C@H](C)[C@@H](O)[C@H](C)[C@H](O)[C@H](C)/C=C/C=C(/C)C(=O)N2)O4. The minimum absolute atomic E-state index is 0.0529. The van der Waals surface area contributed by atoms with Gasteiger partial charge in [-0.15, -0.1) is 0 Å². The number of esters is 1. The highest BCUT2D eigenvalue weighted by Crippen LogP contribution is 2.54.